The lowest BCUT2D eigenvalue weighted by atomic mass is 10.2. The van der Waals surface area contributed by atoms with Crippen LogP contribution in [0.25, 0.3) is 0 Å². The highest BCUT2D eigenvalue weighted by Crippen LogP contribution is 2.10. The normalized spacial score (nSPS) is 20.2. The van der Waals surface area contributed by atoms with Gasteiger partial charge in [-0.2, -0.15) is 16.9 Å². The number of rotatable bonds is 4. The number of amides is 1. The minimum atomic E-state index is 0.105. The Kier molecular flexibility index (Phi) is 4.44. The van der Waals surface area contributed by atoms with E-state index in [9.17, 15) is 4.79 Å². The summed E-state index contributed by atoms with van der Waals surface area (Å²) in [6.07, 6.45) is 4.25. The van der Waals surface area contributed by atoms with Gasteiger partial charge in [0.2, 0.25) is 5.91 Å². The number of carbonyl (C=O) groups is 1. The summed E-state index contributed by atoms with van der Waals surface area (Å²) in [4.78, 5) is 11.7. The van der Waals surface area contributed by atoms with Gasteiger partial charge < -0.3 is 10.6 Å². The van der Waals surface area contributed by atoms with Crippen molar-refractivity contribution in [3.63, 3.8) is 0 Å². The Morgan fingerprint density at radius 2 is 2.65 bits per heavy atom. The van der Waals surface area contributed by atoms with Crippen LogP contribution in [0.3, 0.4) is 0 Å². The van der Waals surface area contributed by atoms with Crippen LogP contribution in [-0.2, 0) is 18.4 Å². The molecule has 5 nitrogen and oxygen atoms in total. The number of carbonyl (C=O) groups excluding carboxylic acids is 1. The fraction of sp³-hybridized carbons (Fsp3) is 0.636. The second-order valence-corrected chi connectivity index (χ2v) is 5.38. The van der Waals surface area contributed by atoms with Crippen LogP contribution in [0.4, 0.5) is 0 Å². The van der Waals surface area contributed by atoms with Crippen LogP contribution in [-0.4, -0.2) is 39.8 Å². The number of hydrogen-bond donors (Lipinski definition) is 2. The molecule has 1 unspecified atom stereocenters. The van der Waals surface area contributed by atoms with E-state index in [0.717, 1.165) is 23.6 Å². The number of nitrogens with zero attached hydrogens (tertiary/aromatic N) is 2. The van der Waals surface area contributed by atoms with E-state index < -0.39 is 0 Å². The maximum atomic E-state index is 11.7. The minimum absolute atomic E-state index is 0.105. The molecule has 1 amide bonds. The van der Waals surface area contributed by atoms with Gasteiger partial charge in [0, 0.05) is 55.9 Å². The van der Waals surface area contributed by atoms with E-state index in [1.165, 1.54) is 0 Å². The standard InChI is InChI=1S/C11H18N4OS/c1-15-7-9(6-14-15)5-13-11(16)4-10-8-17-3-2-12-10/h6-7,10,12H,2-5,8H2,1H3,(H,13,16). The van der Waals surface area contributed by atoms with Gasteiger partial charge in [0.1, 0.15) is 0 Å². The Morgan fingerprint density at radius 1 is 1.76 bits per heavy atom. The van der Waals surface area contributed by atoms with Crippen molar-refractivity contribution >= 4 is 17.7 Å². The first-order valence-electron chi connectivity index (χ1n) is 5.79. The molecule has 2 N–H and O–H groups in total. The third-order valence-corrected chi connectivity index (χ3v) is 3.81. The van der Waals surface area contributed by atoms with Crippen molar-refractivity contribution in [3.8, 4) is 0 Å². The van der Waals surface area contributed by atoms with E-state index in [2.05, 4.69) is 15.7 Å². The van der Waals surface area contributed by atoms with Crippen molar-refractivity contribution in [3.05, 3.63) is 18.0 Å². The Bertz CT molecular complexity index is 373. The smallest absolute Gasteiger partial charge is 0.221 e. The molecule has 1 aliphatic rings. The first-order chi connectivity index (χ1) is 8.24. The second kappa shape index (κ2) is 6.07. The maximum absolute atomic E-state index is 11.7. The molecule has 1 aliphatic heterocycles. The van der Waals surface area contributed by atoms with Gasteiger partial charge >= 0.3 is 0 Å². The molecule has 1 fully saturated rings. The molecule has 0 aliphatic carbocycles. The van der Waals surface area contributed by atoms with Crippen molar-refractivity contribution in [1.29, 1.82) is 0 Å². The average molecular weight is 254 g/mol. The molecule has 1 aromatic rings. The Labute approximate surface area is 105 Å². The van der Waals surface area contributed by atoms with Gasteiger partial charge in [-0.1, -0.05) is 0 Å². The lowest BCUT2D eigenvalue weighted by Crippen LogP contribution is -2.41. The van der Waals surface area contributed by atoms with Crippen LogP contribution < -0.4 is 10.6 Å². The SMILES string of the molecule is Cn1cc(CNC(=O)CC2CSCCN2)cn1. The van der Waals surface area contributed by atoms with Crippen molar-refractivity contribution in [2.45, 2.75) is 19.0 Å². The highest BCUT2D eigenvalue weighted by atomic mass is 32.2. The third-order valence-electron chi connectivity index (χ3n) is 2.68. The summed E-state index contributed by atoms with van der Waals surface area (Å²) in [5.74, 6) is 2.28. The lowest BCUT2D eigenvalue weighted by molar-refractivity contribution is -0.121. The third kappa shape index (κ3) is 4.05. The molecular weight excluding hydrogens is 236 g/mol. The van der Waals surface area contributed by atoms with Gasteiger partial charge in [0.15, 0.2) is 0 Å². The zero-order valence-electron chi connectivity index (χ0n) is 9.98. The molecule has 0 radical (unpaired) electrons. The fourth-order valence-electron chi connectivity index (χ4n) is 1.81. The van der Waals surface area contributed by atoms with Crippen LogP contribution in [0, 0.1) is 0 Å². The zero-order chi connectivity index (χ0) is 12.1. The summed E-state index contributed by atoms with van der Waals surface area (Å²) < 4.78 is 1.74. The Hall–Kier alpha value is -1.01. The topological polar surface area (TPSA) is 59.0 Å². The van der Waals surface area contributed by atoms with Gasteiger partial charge in [0.25, 0.3) is 0 Å². The molecule has 17 heavy (non-hydrogen) atoms. The number of hydrogen-bond acceptors (Lipinski definition) is 4. The highest BCUT2D eigenvalue weighted by Gasteiger charge is 2.16. The molecule has 94 valence electrons. The monoisotopic (exact) mass is 254 g/mol. The molecule has 1 aromatic heterocycles. The van der Waals surface area contributed by atoms with Crippen LogP contribution in [0.5, 0.6) is 0 Å². The van der Waals surface area contributed by atoms with Crippen molar-refractivity contribution in [1.82, 2.24) is 20.4 Å². The fourth-order valence-corrected chi connectivity index (χ4v) is 2.76. The van der Waals surface area contributed by atoms with Gasteiger partial charge in [0.05, 0.1) is 6.20 Å². The summed E-state index contributed by atoms with van der Waals surface area (Å²) in [5.41, 5.74) is 1.03. The summed E-state index contributed by atoms with van der Waals surface area (Å²) in [6.45, 7) is 1.57. The zero-order valence-corrected chi connectivity index (χ0v) is 10.8. The van der Waals surface area contributed by atoms with Crippen molar-refractivity contribution in [2.75, 3.05) is 18.1 Å². The van der Waals surface area contributed by atoms with Crippen LogP contribution >= 0.6 is 11.8 Å². The van der Waals surface area contributed by atoms with E-state index in [4.69, 9.17) is 0 Å². The summed E-state index contributed by atoms with van der Waals surface area (Å²) in [5, 5.41) is 10.3. The van der Waals surface area contributed by atoms with Gasteiger partial charge in [-0.25, -0.2) is 0 Å². The molecule has 0 spiro atoms. The lowest BCUT2D eigenvalue weighted by Gasteiger charge is -2.22. The molecule has 1 saturated heterocycles. The van der Waals surface area contributed by atoms with Gasteiger partial charge in [-0.05, 0) is 0 Å². The largest absolute Gasteiger partial charge is 0.352 e. The van der Waals surface area contributed by atoms with Crippen LogP contribution in [0.2, 0.25) is 0 Å². The molecular formula is C11H18N4OS. The predicted molar refractivity (Wildman–Crippen MR) is 68.8 cm³/mol. The molecule has 0 bridgehead atoms. The number of nitrogens with one attached hydrogen (secondary N) is 2. The number of aromatic nitrogens is 2. The Morgan fingerprint density at radius 3 is 3.29 bits per heavy atom. The summed E-state index contributed by atoms with van der Waals surface area (Å²) in [7, 11) is 1.87. The van der Waals surface area contributed by atoms with Gasteiger partial charge in [-0.3, -0.25) is 9.48 Å². The van der Waals surface area contributed by atoms with E-state index in [1.807, 2.05) is 25.0 Å². The average Bonchev–Trinajstić information content (AvgIpc) is 2.74. The molecule has 2 rings (SSSR count). The van der Waals surface area contributed by atoms with E-state index in [0.29, 0.717) is 19.0 Å². The van der Waals surface area contributed by atoms with E-state index >= 15 is 0 Å². The second-order valence-electron chi connectivity index (χ2n) is 4.23. The molecule has 0 aromatic carbocycles. The molecule has 1 atom stereocenters. The molecule has 6 heteroatoms. The summed E-state index contributed by atoms with van der Waals surface area (Å²) in [6, 6.07) is 0.322. The summed E-state index contributed by atoms with van der Waals surface area (Å²) >= 11 is 1.91. The quantitative estimate of drug-likeness (QED) is 0.802. The van der Waals surface area contributed by atoms with Crippen LogP contribution in [0.1, 0.15) is 12.0 Å². The number of aryl methyl sites for hydroxylation is 1. The molecule has 0 saturated carbocycles. The van der Waals surface area contributed by atoms with E-state index in [-0.39, 0.29) is 5.91 Å². The first-order valence-corrected chi connectivity index (χ1v) is 6.95. The first kappa shape index (κ1) is 12.4. The van der Waals surface area contributed by atoms with Crippen molar-refractivity contribution in [2.24, 2.45) is 7.05 Å². The maximum Gasteiger partial charge on any atom is 0.221 e. The minimum Gasteiger partial charge on any atom is -0.352 e. The van der Waals surface area contributed by atoms with Crippen LogP contribution in [0.15, 0.2) is 12.4 Å². The Balaban J connectivity index is 1.70. The van der Waals surface area contributed by atoms with Crippen molar-refractivity contribution < 1.29 is 4.79 Å². The predicted octanol–water partition coefficient (Wildman–Crippen LogP) is 0.131. The van der Waals surface area contributed by atoms with E-state index in [1.54, 1.807) is 10.9 Å². The number of thioether (sulfide) groups is 1. The highest BCUT2D eigenvalue weighted by molar-refractivity contribution is 7.99. The molecule has 2 heterocycles. The van der Waals surface area contributed by atoms with Gasteiger partial charge in [-0.15, -0.1) is 0 Å².